The van der Waals surface area contributed by atoms with Crippen molar-refractivity contribution in [2.75, 3.05) is 5.32 Å². The Labute approximate surface area is 116 Å². The van der Waals surface area contributed by atoms with Crippen LogP contribution < -0.4 is 10.1 Å². The van der Waals surface area contributed by atoms with Crippen LogP contribution in [0.1, 0.15) is 10.5 Å². The van der Waals surface area contributed by atoms with Crippen LogP contribution in [0.5, 0.6) is 5.75 Å². The van der Waals surface area contributed by atoms with Crippen molar-refractivity contribution in [1.82, 2.24) is 4.98 Å². The highest BCUT2D eigenvalue weighted by molar-refractivity contribution is 6.02. The molecule has 0 saturated carbocycles. The van der Waals surface area contributed by atoms with Crippen molar-refractivity contribution in [2.24, 2.45) is 0 Å². The number of carbonyl (C=O) groups is 1. The third-order valence-corrected chi connectivity index (χ3v) is 2.27. The molecule has 1 N–H and O–H groups in total. The number of nitrogens with zero attached hydrogens (tertiary/aromatic N) is 1. The summed E-state index contributed by atoms with van der Waals surface area (Å²) in [6.45, 7) is 0. The normalized spacial score (nSPS) is 11.0. The van der Waals surface area contributed by atoms with E-state index in [-0.39, 0.29) is 11.4 Å². The smallest absolute Gasteiger partial charge is 0.406 e. The summed E-state index contributed by atoms with van der Waals surface area (Å²) >= 11 is 0. The Morgan fingerprint density at radius 1 is 1.14 bits per heavy atom. The number of amides is 1. The molecule has 0 aliphatic heterocycles. The number of aromatic nitrogens is 1. The van der Waals surface area contributed by atoms with Crippen LogP contribution in [0.25, 0.3) is 0 Å². The fourth-order valence-electron chi connectivity index (χ4n) is 1.50. The maximum Gasteiger partial charge on any atom is 0.573 e. The fraction of sp³-hybridized carbons (Fsp3) is 0.0769. The van der Waals surface area contributed by atoms with E-state index < -0.39 is 24.0 Å². The summed E-state index contributed by atoms with van der Waals surface area (Å²) in [4.78, 5) is 15.1. The van der Waals surface area contributed by atoms with Gasteiger partial charge in [-0.3, -0.25) is 4.79 Å². The lowest BCUT2D eigenvalue weighted by atomic mass is 10.2. The summed E-state index contributed by atoms with van der Waals surface area (Å²) in [6.07, 6.45) is -4.83. The first-order valence-electron chi connectivity index (χ1n) is 5.63. The van der Waals surface area contributed by atoms with Crippen LogP contribution in [0.4, 0.5) is 23.2 Å². The van der Waals surface area contributed by atoms with Gasteiger partial charge in [-0.2, -0.15) is 4.39 Å². The van der Waals surface area contributed by atoms with E-state index in [1.54, 1.807) is 0 Å². The molecule has 0 unspecified atom stereocenters. The predicted octanol–water partition coefficient (Wildman–Crippen LogP) is 3.37. The summed E-state index contributed by atoms with van der Waals surface area (Å²) in [5.74, 6) is -2.07. The predicted molar refractivity (Wildman–Crippen MR) is 65.3 cm³/mol. The van der Waals surface area contributed by atoms with Crippen LogP contribution in [0.3, 0.4) is 0 Å². The number of rotatable bonds is 3. The summed E-state index contributed by atoms with van der Waals surface area (Å²) in [5.41, 5.74) is -0.134. The zero-order chi connectivity index (χ0) is 15.5. The van der Waals surface area contributed by atoms with Gasteiger partial charge in [0.05, 0.1) is 0 Å². The van der Waals surface area contributed by atoms with Gasteiger partial charge in [0.2, 0.25) is 5.95 Å². The van der Waals surface area contributed by atoms with Gasteiger partial charge in [-0.25, -0.2) is 4.98 Å². The Kier molecular flexibility index (Phi) is 4.06. The molecule has 0 radical (unpaired) electrons. The van der Waals surface area contributed by atoms with Gasteiger partial charge in [0.25, 0.3) is 5.91 Å². The summed E-state index contributed by atoms with van der Waals surface area (Å²) < 4.78 is 52.9. The minimum absolute atomic E-state index is 0.0628. The molecule has 0 bridgehead atoms. The Bertz CT molecular complexity index is 659. The Hall–Kier alpha value is -2.64. The summed E-state index contributed by atoms with van der Waals surface area (Å²) in [7, 11) is 0. The first-order valence-corrected chi connectivity index (χ1v) is 5.63. The van der Waals surface area contributed by atoms with Crippen molar-refractivity contribution in [3.63, 3.8) is 0 Å². The lowest BCUT2D eigenvalue weighted by Crippen LogP contribution is -2.17. The zero-order valence-electron chi connectivity index (χ0n) is 10.3. The van der Waals surface area contributed by atoms with Crippen LogP contribution >= 0.6 is 0 Å². The van der Waals surface area contributed by atoms with Gasteiger partial charge in [-0.1, -0.05) is 12.1 Å². The number of ether oxygens (including phenoxy) is 1. The second-order valence-electron chi connectivity index (χ2n) is 3.88. The van der Waals surface area contributed by atoms with Gasteiger partial charge in [0.15, 0.2) is 0 Å². The second-order valence-corrected chi connectivity index (χ2v) is 3.88. The van der Waals surface area contributed by atoms with Crippen molar-refractivity contribution in [3.8, 4) is 5.75 Å². The van der Waals surface area contributed by atoms with Crippen LogP contribution in [-0.4, -0.2) is 17.3 Å². The third kappa shape index (κ3) is 4.44. The van der Waals surface area contributed by atoms with Gasteiger partial charge in [0, 0.05) is 11.8 Å². The van der Waals surface area contributed by atoms with Gasteiger partial charge < -0.3 is 10.1 Å². The van der Waals surface area contributed by atoms with Gasteiger partial charge in [0.1, 0.15) is 11.4 Å². The van der Waals surface area contributed by atoms with E-state index in [4.69, 9.17) is 0 Å². The monoisotopic (exact) mass is 300 g/mol. The van der Waals surface area contributed by atoms with E-state index in [9.17, 15) is 22.4 Å². The largest absolute Gasteiger partial charge is 0.573 e. The summed E-state index contributed by atoms with van der Waals surface area (Å²) in [6, 6.07) is 8.34. The highest BCUT2D eigenvalue weighted by Crippen LogP contribution is 2.25. The summed E-state index contributed by atoms with van der Waals surface area (Å²) in [5, 5.41) is 2.30. The van der Waals surface area contributed by atoms with E-state index in [0.717, 1.165) is 18.2 Å². The van der Waals surface area contributed by atoms with Crippen molar-refractivity contribution in [1.29, 1.82) is 0 Å². The maximum absolute atomic E-state index is 12.9. The highest BCUT2D eigenvalue weighted by atomic mass is 19.4. The Morgan fingerprint density at radius 2 is 1.86 bits per heavy atom. The van der Waals surface area contributed by atoms with Crippen molar-refractivity contribution in [3.05, 3.63) is 54.1 Å². The molecule has 0 fully saturated rings. The molecular weight excluding hydrogens is 292 g/mol. The van der Waals surface area contributed by atoms with E-state index in [0.29, 0.717) is 0 Å². The molecule has 2 rings (SSSR count). The molecule has 1 amide bonds. The van der Waals surface area contributed by atoms with E-state index >= 15 is 0 Å². The van der Waals surface area contributed by atoms with Gasteiger partial charge in [-0.05, 0) is 24.3 Å². The fourth-order valence-corrected chi connectivity index (χ4v) is 1.50. The third-order valence-electron chi connectivity index (χ3n) is 2.27. The van der Waals surface area contributed by atoms with Gasteiger partial charge >= 0.3 is 6.36 Å². The number of benzene rings is 1. The van der Waals surface area contributed by atoms with Crippen molar-refractivity contribution >= 4 is 11.6 Å². The topological polar surface area (TPSA) is 51.2 Å². The Morgan fingerprint density at radius 3 is 2.52 bits per heavy atom. The molecule has 0 spiro atoms. The number of anilines is 1. The number of pyridine rings is 1. The lowest BCUT2D eigenvalue weighted by Gasteiger charge is -2.10. The molecule has 110 valence electrons. The molecular formula is C13H8F4N2O2. The molecule has 1 aromatic carbocycles. The van der Waals surface area contributed by atoms with Gasteiger partial charge in [-0.15, -0.1) is 13.2 Å². The maximum atomic E-state index is 12.9. The number of halogens is 4. The molecule has 0 aliphatic carbocycles. The van der Waals surface area contributed by atoms with E-state index in [1.165, 1.54) is 24.3 Å². The molecule has 21 heavy (non-hydrogen) atoms. The standard InChI is InChI=1S/C13H8F4N2O2/c14-11-6-2-5-10(19-11)12(20)18-8-3-1-4-9(7-8)21-13(15,16)17/h1-7H,(H,18,20). The van der Waals surface area contributed by atoms with E-state index in [2.05, 4.69) is 15.0 Å². The highest BCUT2D eigenvalue weighted by Gasteiger charge is 2.31. The minimum atomic E-state index is -4.83. The second kappa shape index (κ2) is 5.78. The number of carbonyl (C=O) groups excluding carboxylic acids is 1. The first-order chi connectivity index (χ1) is 9.83. The van der Waals surface area contributed by atoms with Crippen LogP contribution in [-0.2, 0) is 0 Å². The SMILES string of the molecule is O=C(Nc1cccc(OC(F)(F)F)c1)c1cccc(F)n1. The molecule has 0 saturated heterocycles. The lowest BCUT2D eigenvalue weighted by molar-refractivity contribution is -0.274. The Balaban J connectivity index is 2.13. The molecule has 8 heteroatoms. The number of hydrogen-bond acceptors (Lipinski definition) is 3. The van der Waals surface area contributed by atoms with E-state index in [1.807, 2.05) is 0 Å². The van der Waals surface area contributed by atoms with Crippen LogP contribution in [0.15, 0.2) is 42.5 Å². The number of nitrogens with one attached hydrogen (secondary N) is 1. The average molecular weight is 300 g/mol. The minimum Gasteiger partial charge on any atom is -0.406 e. The molecule has 2 aromatic rings. The molecule has 0 atom stereocenters. The quantitative estimate of drug-likeness (QED) is 0.698. The zero-order valence-corrected chi connectivity index (χ0v) is 10.3. The molecule has 1 heterocycles. The average Bonchev–Trinajstić information content (AvgIpc) is 2.37. The molecule has 4 nitrogen and oxygen atoms in total. The number of hydrogen-bond donors (Lipinski definition) is 1. The first kappa shape index (κ1) is 14.8. The number of alkyl halides is 3. The van der Waals surface area contributed by atoms with Crippen molar-refractivity contribution in [2.45, 2.75) is 6.36 Å². The molecule has 1 aromatic heterocycles. The van der Waals surface area contributed by atoms with Crippen LogP contribution in [0, 0.1) is 5.95 Å². The van der Waals surface area contributed by atoms with Crippen LogP contribution in [0.2, 0.25) is 0 Å². The van der Waals surface area contributed by atoms with Crippen molar-refractivity contribution < 1.29 is 27.1 Å². The molecule has 0 aliphatic rings.